The molecule has 8 nitrogen and oxygen atoms in total. The van der Waals surface area contributed by atoms with Crippen molar-refractivity contribution in [2.75, 3.05) is 27.4 Å². The maximum atomic E-state index is 12.9. The average Bonchev–Trinajstić information content (AvgIpc) is 3.00. The third-order valence-corrected chi connectivity index (χ3v) is 7.76. The molecule has 1 aliphatic carbocycles. The average molecular weight is 496 g/mol. The lowest BCUT2D eigenvalue weighted by Gasteiger charge is -2.45. The zero-order chi connectivity index (χ0) is 22.3. The standard InChI is InChI=1S/C22H30BrN3O5/c1-5-24-21(28)26-10-13-7-16(29-3)19(23)20-18(13)22(9-15(26)11-27)12(2)6-14(25-30-4)8-17(22)31-20/h7,12,15,17,27H,5-6,8-11H2,1-4H3,(H,24,28)/b25-14+/t12-,15+,17-,22+/m1/s1. The van der Waals surface area contributed by atoms with E-state index in [9.17, 15) is 9.90 Å². The van der Waals surface area contributed by atoms with Crippen LogP contribution in [0.25, 0.3) is 0 Å². The van der Waals surface area contributed by atoms with Crippen LogP contribution in [-0.4, -0.2) is 61.3 Å². The Morgan fingerprint density at radius 1 is 1.45 bits per heavy atom. The summed E-state index contributed by atoms with van der Waals surface area (Å²) in [6.45, 7) is 4.89. The molecule has 1 aromatic carbocycles. The molecular formula is C22H30BrN3O5. The molecule has 4 atom stereocenters. The van der Waals surface area contributed by atoms with Gasteiger partial charge in [-0.05, 0) is 53.2 Å². The van der Waals surface area contributed by atoms with Crippen LogP contribution in [0.2, 0.25) is 0 Å². The monoisotopic (exact) mass is 495 g/mol. The van der Waals surface area contributed by atoms with Crippen molar-refractivity contribution < 1.29 is 24.2 Å². The van der Waals surface area contributed by atoms with E-state index in [1.807, 2.05) is 13.0 Å². The van der Waals surface area contributed by atoms with Crippen LogP contribution < -0.4 is 14.8 Å². The molecule has 0 bridgehead atoms. The van der Waals surface area contributed by atoms with Gasteiger partial charge in [0.15, 0.2) is 0 Å². The summed E-state index contributed by atoms with van der Waals surface area (Å²) >= 11 is 3.68. The maximum Gasteiger partial charge on any atom is 0.318 e. The minimum Gasteiger partial charge on any atom is -0.495 e. The molecule has 31 heavy (non-hydrogen) atoms. The highest BCUT2D eigenvalue weighted by atomic mass is 79.9. The summed E-state index contributed by atoms with van der Waals surface area (Å²) in [5.41, 5.74) is 2.74. The summed E-state index contributed by atoms with van der Waals surface area (Å²) < 4.78 is 13.0. The topological polar surface area (TPSA) is 92.6 Å². The third-order valence-electron chi connectivity index (χ3n) is 7.01. The predicted octanol–water partition coefficient (Wildman–Crippen LogP) is 3.18. The van der Waals surface area contributed by atoms with Gasteiger partial charge in [0.2, 0.25) is 0 Å². The van der Waals surface area contributed by atoms with Crippen LogP contribution in [0.4, 0.5) is 4.79 Å². The molecule has 0 saturated heterocycles. The van der Waals surface area contributed by atoms with E-state index in [1.165, 1.54) is 0 Å². The molecular weight excluding hydrogens is 466 g/mol. The van der Waals surface area contributed by atoms with Crippen LogP contribution >= 0.6 is 15.9 Å². The van der Waals surface area contributed by atoms with E-state index in [0.717, 1.165) is 33.5 Å². The van der Waals surface area contributed by atoms with E-state index >= 15 is 0 Å². The minimum absolute atomic E-state index is 0.112. The van der Waals surface area contributed by atoms with Crippen molar-refractivity contribution in [2.45, 2.75) is 57.2 Å². The van der Waals surface area contributed by atoms with Gasteiger partial charge in [-0.3, -0.25) is 0 Å². The molecule has 2 aliphatic heterocycles. The summed E-state index contributed by atoms with van der Waals surface area (Å²) in [5, 5.41) is 17.5. The molecule has 4 rings (SSSR count). The number of ether oxygens (including phenoxy) is 2. The van der Waals surface area contributed by atoms with Crippen molar-refractivity contribution in [3.8, 4) is 11.5 Å². The van der Waals surface area contributed by atoms with Gasteiger partial charge in [0.1, 0.15) is 29.2 Å². The molecule has 1 spiro atoms. The molecule has 2 amide bonds. The number of carbonyl (C=O) groups excluding carboxylic acids is 1. The van der Waals surface area contributed by atoms with E-state index in [-0.39, 0.29) is 36.1 Å². The first kappa shape index (κ1) is 22.2. The summed E-state index contributed by atoms with van der Waals surface area (Å²) in [6.07, 6.45) is 1.87. The van der Waals surface area contributed by atoms with Gasteiger partial charge >= 0.3 is 6.03 Å². The quantitative estimate of drug-likeness (QED) is 0.625. The summed E-state index contributed by atoms with van der Waals surface area (Å²) in [5.74, 6) is 1.63. The zero-order valence-corrected chi connectivity index (χ0v) is 20.0. The van der Waals surface area contributed by atoms with Crippen LogP contribution in [0.5, 0.6) is 11.5 Å². The Kier molecular flexibility index (Phi) is 6.09. The Labute approximate surface area is 191 Å². The number of urea groups is 1. The van der Waals surface area contributed by atoms with Crippen molar-refractivity contribution in [2.24, 2.45) is 11.1 Å². The van der Waals surface area contributed by atoms with Gasteiger partial charge in [0.25, 0.3) is 0 Å². The number of carbonyl (C=O) groups is 1. The Balaban J connectivity index is 1.91. The molecule has 2 heterocycles. The summed E-state index contributed by atoms with van der Waals surface area (Å²) in [7, 11) is 3.18. The number of methoxy groups -OCH3 is 1. The maximum absolute atomic E-state index is 12.9. The van der Waals surface area contributed by atoms with E-state index in [4.69, 9.17) is 14.3 Å². The fourth-order valence-corrected chi connectivity index (χ4v) is 6.26. The first-order valence-corrected chi connectivity index (χ1v) is 11.5. The molecule has 0 unspecified atom stereocenters. The van der Waals surface area contributed by atoms with Gasteiger partial charge in [-0.25, -0.2) is 4.79 Å². The number of aliphatic hydroxyl groups excluding tert-OH is 1. The number of nitrogens with one attached hydrogen (secondary N) is 1. The molecule has 1 saturated carbocycles. The Morgan fingerprint density at radius 3 is 2.87 bits per heavy atom. The largest absolute Gasteiger partial charge is 0.495 e. The van der Waals surface area contributed by atoms with Crippen LogP contribution in [0, 0.1) is 5.92 Å². The third kappa shape index (κ3) is 3.36. The lowest BCUT2D eigenvalue weighted by molar-refractivity contribution is 0.0504. The Hall–Kier alpha value is -2.00. The normalized spacial score (nSPS) is 30.2. The van der Waals surface area contributed by atoms with Gasteiger partial charge in [-0.1, -0.05) is 12.1 Å². The van der Waals surface area contributed by atoms with E-state index in [2.05, 4.69) is 33.3 Å². The highest BCUT2D eigenvalue weighted by Gasteiger charge is 2.59. The summed E-state index contributed by atoms with van der Waals surface area (Å²) in [4.78, 5) is 19.7. The lowest BCUT2D eigenvalue weighted by Crippen LogP contribution is -2.54. The number of hydrogen-bond donors (Lipinski definition) is 2. The van der Waals surface area contributed by atoms with Gasteiger partial charge < -0.3 is 29.6 Å². The fraction of sp³-hybridized carbons (Fsp3) is 0.636. The van der Waals surface area contributed by atoms with Crippen LogP contribution in [0.15, 0.2) is 15.7 Å². The van der Waals surface area contributed by atoms with Gasteiger partial charge in [0.05, 0.1) is 25.5 Å². The number of hydrogen-bond acceptors (Lipinski definition) is 6. The first-order chi connectivity index (χ1) is 14.9. The van der Waals surface area contributed by atoms with Crippen molar-refractivity contribution >= 4 is 27.7 Å². The number of oxime groups is 1. The van der Waals surface area contributed by atoms with Gasteiger partial charge in [-0.15, -0.1) is 0 Å². The van der Waals surface area contributed by atoms with Gasteiger partial charge in [0, 0.05) is 30.5 Å². The second-order valence-electron chi connectivity index (χ2n) is 8.56. The van der Waals surface area contributed by atoms with E-state index < -0.39 is 0 Å². The molecule has 170 valence electrons. The summed E-state index contributed by atoms with van der Waals surface area (Å²) in [6, 6.07) is 1.49. The zero-order valence-electron chi connectivity index (χ0n) is 18.4. The highest BCUT2D eigenvalue weighted by molar-refractivity contribution is 9.10. The molecule has 2 N–H and O–H groups in total. The minimum atomic E-state index is -0.346. The SMILES string of the molecule is CCNC(=O)N1Cc2cc(OC)c(Br)c3c2[C@@]2(C[C@H]1CO)[C@H](C)C/C(=N\OC)C[C@H]2O3. The van der Waals surface area contributed by atoms with Crippen molar-refractivity contribution in [3.05, 3.63) is 21.7 Å². The van der Waals surface area contributed by atoms with Gasteiger partial charge in [-0.2, -0.15) is 0 Å². The number of aliphatic hydroxyl groups is 1. The van der Waals surface area contributed by atoms with Crippen LogP contribution in [0.3, 0.4) is 0 Å². The first-order valence-electron chi connectivity index (χ1n) is 10.7. The molecule has 0 aromatic heterocycles. The second-order valence-corrected chi connectivity index (χ2v) is 9.35. The highest BCUT2D eigenvalue weighted by Crippen LogP contribution is 2.60. The van der Waals surface area contributed by atoms with Crippen LogP contribution in [0.1, 0.15) is 44.2 Å². The number of amides is 2. The smallest absolute Gasteiger partial charge is 0.318 e. The molecule has 9 heteroatoms. The molecule has 1 fully saturated rings. The molecule has 0 radical (unpaired) electrons. The molecule has 1 aromatic rings. The van der Waals surface area contributed by atoms with Crippen LogP contribution in [-0.2, 0) is 16.8 Å². The van der Waals surface area contributed by atoms with E-state index in [0.29, 0.717) is 31.7 Å². The number of benzene rings is 1. The fourth-order valence-electron chi connectivity index (χ4n) is 5.69. The van der Waals surface area contributed by atoms with Crippen molar-refractivity contribution in [1.82, 2.24) is 10.2 Å². The second kappa shape index (κ2) is 8.50. The number of nitrogens with zero attached hydrogens (tertiary/aromatic N) is 2. The Morgan fingerprint density at radius 2 is 2.23 bits per heavy atom. The lowest BCUT2D eigenvalue weighted by atomic mass is 9.59. The number of rotatable bonds is 4. The van der Waals surface area contributed by atoms with E-state index in [1.54, 1.807) is 19.1 Å². The predicted molar refractivity (Wildman–Crippen MR) is 120 cm³/mol. The van der Waals surface area contributed by atoms with Crippen molar-refractivity contribution in [1.29, 1.82) is 0 Å². The molecule has 3 aliphatic rings. The Bertz CT molecular complexity index is 908. The number of halogens is 1. The van der Waals surface area contributed by atoms with Crippen molar-refractivity contribution in [3.63, 3.8) is 0 Å².